The lowest BCUT2D eigenvalue weighted by atomic mass is 9.86. The molecule has 2 fully saturated rings. The van der Waals surface area contributed by atoms with Crippen molar-refractivity contribution in [1.82, 2.24) is 5.32 Å². The normalized spacial score (nSPS) is 45.0. The maximum absolute atomic E-state index is 5.81. The zero-order chi connectivity index (χ0) is 7.73. The van der Waals surface area contributed by atoms with Crippen LogP contribution in [0.2, 0.25) is 0 Å². The van der Waals surface area contributed by atoms with Crippen molar-refractivity contribution in [3.63, 3.8) is 0 Å². The van der Waals surface area contributed by atoms with Gasteiger partial charge in [-0.25, -0.2) is 0 Å². The van der Waals surface area contributed by atoms with Gasteiger partial charge < -0.3 is 10.1 Å². The third-order valence-electron chi connectivity index (χ3n) is 2.94. The Balaban J connectivity index is 2.00. The van der Waals surface area contributed by atoms with Crippen LogP contribution in [0.3, 0.4) is 0 Å². The standard InChI is InChI=1S/C9H17NO/c1-8-7-9(4-5-10-8)3-2-6-11-9/h8,10H,2-7H2,1H3. The fourth-order valence-corrected chi connectivity index (χ4v) is 2.39. The summed E-state index contributed by atoms with van der Waals surface area (Å²) in [6.45, 7) is 4.39. The Morgan fingerprint density at radius 1 is 1.45 bits per heavy atom. The van der Waals surface area contributed by atoms with Gasteiger partial charge in [0.15, 0.2) is 0 Å². The molecule has 2 unspecified atom stereocenters. The smallest absolute Gasteiger partial charge is 0.0710 e. The topological polar surface area (TPSA) is 21.3 Å². The average Bonchev–Trinajstić information content (AvgIpc) is 2.37. The Kier molecular flexibility index (Phi) is 1.90. The minimum atomic E-state index is 0.282. The molecule has 0 bridgehead atoms. The van der Waals surface area contributed by atoms with Crippen LogP contribution in [0.15, 0.2) is 0 Å². The van der Waals surface area contributed by atoms with Crippen LogP contribution >= 0.6 is 0 Å². The molecule has 2 heteroatoms. The molecule has 64 valence electrons. The SMILES string of the molecule is CC1CC2(CCCO2)CCN1. The summed E-state index contributed by atoms with van der Waals surface area (Å²) in [4.78, 5) is 0. The van der Waals surface area contributed by atoms with E-state index in [0.29, 0.717) is 6.04 Å². The molecule has 2 heterocycles. The second-order valence-corrected chi connectivity index (χ2v) is 3.94. The number of piperidine rings is 1. The minimum Gasteiger partial charge on any atom is -0.375 e. The molecular formula is C9H17NO. The largest absolute Gasteiger partial charge is 0.375 e. The van der Waals surface area contributed by atoms with Gasteiger partial charge in [0.2, 0.25) is 0 Å². The van der Waals surface area contributed by atoms with Gasteiger partial charge in [-0.1, -0.05) is 0 Å². The first-order valence-electron chi connectivity index (χ1n) is 4.68. The number of nitrogens with one attached hydrogen (secondary N) is 1. The highest BCUT2D eigenvalue weighted by Crippen LogP contribution is 2.35. The molecule has 0 aliphatic carbocycles. The number of hydrogen-bond acceptors (Lipinski definition) is 2. The first kappa shape index (κ1) is 7.56. The van der Waals surface area contributed by atoms with E-state index in [1.165, 1.54) is 25.7 Å². The zero-order valence-corrected chi connectivity index (χ0v) is 7.23. The Hall–Kier alpha value is -0.0800. The van der Waals surface area contributed by atoms with E-state index in [-0.39, 0.29) is 5.60 Å². The zero-order valence-electron chi connectivity index (χ0n) is 7.23. The lowest BCUT2D eigenvalue weighted by molar-refractivity contribution is -0.0287. The van der Waals surface area contributed by atoms with Crippen molar-refractivity contribution in [3.8, 4) is 0 Å². The highest BCUT2D eigenvalue weighted by Gasteiger charge is 2.38. The fourth-order valence-electron chi connectivity index (χ4n) is 2.39. The number of rotatable bonds is 0. The number of ether oxygens (including phenoxy) is 1. The molecule has 0 saturated carbocycles. The van der Waals surface area contributed by atoms with Crippen molar-refractivity contribution in [1.29, 1.82) is 0 Å². The maximum Gasteiger partial charge on any atom is 0.0710 e. The molecule has 0 amide bonds. The molecular weight excluding hydrogens is 138 g/mol. The molecule has 1 spiro atoms. The molecule has 1 N–H and O–H groups in total. The van der Waals surface area contributed by atoms with Crippen molar-refractivity contribution >= 4 is 0 Å². The van der Waals surface area contributed by atoms with Gasteiger partial charge in [-0.3, -0.25) is 0 Å². The molecule has 0 radical (unpaired) electrons. The van der Waals surface area contributed by atoms with Gasteiger partial charge in [0.1, 0.15) is 0 Å². The predicted molar refractivity (Wildman–Crippen MR) is 44.6 cm³/mol. The molecule has 2 nitrogen and oxygen atoms in total. The van der Waals surface area contributed by atoms with E-state index in [1.54, 1.807) is 0 Å². The summed E-state index contributed by atoms with van der Waals surface area (Å²) >= 11 is 0. The summed E-state index contributed by atoms with van der Waals surface area (Å²) in [7, 11) is 0. The highest BCUT2D eigenvalue weighted by atomic mass is 16.5. The lowest BCUT2D eigenvalue weighted by Gasteiger charge is -2.36. The van der Waals surface area contributed by atoms with Crippen molar-refractivity contribution in [2.45, 2.75) is 44.2 Å². The Morgan fingerprint density at radius 3 is 3.00 bits per heavy atom. The summed E-state index contributed by atoms with van der Waals surface area (Å²) in [6, 6.07) is 0.654. The monoisotopic (exact) mass is 155 g/mol. The average molecular weight is 155 g/mol. The minimum absolute atomic E-state index is 0.282. The third kappa shape index (κ3) is 1.42. The van der Waals surface area contributed by atoms with E-state index < -0.39 is 0 Å². The Morgan fingerprint density at radius 2 is 2.36 bits per heavy atom. The van der Waals surface area contributed by atoms with Crippen LogP contribution < -0.4 is 5.32 Å². The second kappa shape index (κ2) is 2.76. The first-order chi connectivity index (χ1) is 5.31. The van der Waals surface area contributed by atoms with Crippen molar-refractivity contribution < 1.29 is 4.74 Å². The molecule has 0 aromatic heterocycles. The van der Waals surface area contributed by atoms with E-state index in [4.69, 9.17) is 4.74 Å². The summed E-state index contributed by atoms with van der Waals surface area (Å²) in [6.07, 6.45) is 5.00. The highest BCUT2D eigenvalue weighted by molar-refractivity contribution is 4.92. The molecule has 2 saturated heterocycles. The second-order valence-electron chi connectivity index (χ2n) is 3.94. The summed E-state index contributed by atoms with van der Waals surface area (Å²) in [5, 5.41) is 3.45. The molecule has 2 aliphatic heterocycles. The van der Waals surface area contributed by atoms with Gasteiger partial charge in [0.05, 0.1) is 5.60 Å². The van der Waals surface area contributed by atoms with Crippen molar-refractivity contribution in [2.75, 3.05) is 13.2 Å². The van der Waals surface area contributed by atoms with Gasteiger partial charge >= 0.3 is 0 Å². The fraction of sp³-hybridized carbons (Fsp3) is 1.00. The number of hydrogen-bond donors (Lipinski definition) is 1. The van der Waals surface area contributed by atoms with Gasteiger partial charge in [0.25, 0.3) is 0 Å². The summed E-state index contributed by atoms with van der Waals surface area (Å²) in [5.41, 5.74) is 0.282. The van der Waals surface area contributed by atoms with Crippen LogP contribution in [0, 0.1) is 0 Å². The molecule has 11 heavy (non-hydrogen) atoms. The van der Waals surface area contributed by atoms with Gasteiger partial charge in [-0.05, 0) is 39.2 Å². The maximum atomic E-state index is 5.81. The summed E-state index contributed by atoms with van der Waals surface area (Å²) in [5.74, 6) is 0. The van der Waals surface area contributed by atoms with E-state index >= 15 is 0 Å². The van der Waals surface area contributed by atoms with Gasteiger partial charge in [-0.2, -0.15) is 0 Å². The van der Waals surface area contributed by atoms with Crippen molar-refractivity contribution in [3.05, 3.63) is 0 Å². The molecule has 2 rings (SSSR count). The van der Waals surface area contributed by atoms with Crippen LogP contribution in [0.4, 0.5) is 0 Å². The van der Waals surface area contributed by atoms with E-state index in [1.807, 2.05) is 0 Å². The quantitative estimate of drug-likeness (QED) is 0.569. The molecule has 0 aromatic carbocycles. The van der Waals surface area contributed by atoms with Gasteiger partial charge in [-0.15, -0.1) is 0 Å². The van der Waals surface area contributed by atoms with Crippen LogP contribution in [-0.4, -0.2) is 24.8 Å². The predicted octanol–water partition coefficient (Wildman–Crippen LogP) is 1.31. The van der Waals surface area contributed by atoms with E-state index in [0.717, 1.165) is 13.2 Å². The Labute approximate surface area is 68.3 Å². The molecule has 2 atom stereocenters. The first-order valence-corrected chi connectivity index (χ1v) is 4.68. The van der Waals surface area contributed by atoms with Crippen LogP contribution in [-0.2, 0) is 4.74 Å². The lowest BCUT2D eigenvalue weighted by Crippen LogP contribution is -2.46. The van der Waals surface area contributed by atoms with Crippen molar-refractivity contribution in [2.24, 2.45) is 0 Å². The van der Waals surface area contributed by atoms with Crippen LogP contribution in [0.25, 0.3) is 0 Å². The molecule has 0 aromatic rings. The Bertz CT molecular complexity index is 140. The molecule has 2 aliphatic rings. The summed E-state index contributed by atoms with van der Waals surface area (Å²) < 4.78 is 5.81. The van der Waals surface area contributed by atoms with Crippen LogP contribution in [0.1, 0.15) is 32.6 Å². The van der Waals surface area contributed by atoms with E-state index in [9.17, 15) is 0 Å². The van der Waals surface area contributed by atoms with E-state index in [2.05, 4.69) is 12.2 Å². The third-order valence-corrected chi connectivity index (χ3v) is 2.94. The van der Waals surface area contributed by atoms with Gasteiger partial charge in [0, 0.05) is 12.6 Å². The van der Waals surface area contributed by atoms with Crippen LogP contribution in [0.5, 0.6) is 0 Å².